The molecular formula is C16H24N2O2. The Balaban J connectivity index is 2.47. The Bertz CT molecular complexity index is 495. The molecule has 20 heavy (non-hydrogen) atoms. The number of hydrogen-bond donors (Lipinski definition) is 1. The van der Waals surface area contributed by atoms with E-state index in [2.05, 4.69) is 6.92 Å². The van der Waals surface area contributed by atoms with E-state index in [1.54, 1.807) is 0 Å². The van der Waals surface area contributed by atoms with Gasteiger partial charge in [-0.3, -0.25) is 4.79 Å². The highest BCUT2D eigenvalue weighted by molar-refractivity contribution is 6.03. The van der Waals surface area contributed by atoms with Crippen LogP contribution in [-0.4, -0.2) is 18.1 Å². The van der Waals surface area contributed by atoms with Crippen LogP contribution < -0.4 is 15.4 Å². The fraction of sp³-hybridized carbons (Fsp3) is 0.562. The normalized spacial score (nSPS) is 16.8. The molecule has 0 aromatic heterocycles. The summed E-state index contributed by atoms with van der Waals surface area (Å²) in [5, 5.41) is 0. The van der Waals surface area contributed by atoms with Gasteiger partial charge in [-0.2, -0.15) is 0 Å². The smallest absolute Gasteiger partial charge is 0.271 e. The molecule has 0 aliphatic carbocycles. The van der Waals surface area contributed by atoms with Crippen molar-refractivity contribution in [3.63, 3.8) is 0 Å². The van der Waals surface area contributed by atoms with Gasteiger partial charge in [-0.1, -0.05) is 27.2 Å². The van der Waals surface area contributed by atoms with Gasteiger partial charge in [0.2, 0.25) is 0 Å². The third-order valence-corrected chi connectivity index (χ3v) is 4.09. The number of fused-ring (bicyclic) bond motifs is 1. The quantitative estimate of drug-likeness (QED) is 0.839. The van der Waals surface area contributed by atoms with Crippen LogP contribution in [0.2, 0.25) is 0 Å². The number of benzene rings is 1. The van der Waals surface area contributed by atoms with Crippen molar-refractivity contribution in [2.75, 3.05) is 17.2 Å². The number of nitrogens with two attached hydrogens (primary N) is 1. The Morgan fingerprint density at radius 1 is 1.25 bits per heavy atom. The number of nitrogen functional groups attached to an aromatic ring is 1. The van der Waals surface area contributed by atoms with Crippen LogP contribution >= 0.6 is 0 Å². The van der Waals surface area contributed by atoms with E-state index in [0.717, 1.165) is 30.8 Å². The summed E-state index contributed by atoms with van der Waals surface area (Å²) in [6.07, 6.45) is 3.37. The zero-order valence-electron chi connectivity index (χ0n) is 12.6. The molecule has 0 spiro atoms. The lowest BCUT2D eigenvalue weighted by atomic mass is 9.92. The van der Waals surface area contributed by atoms with Crippen LogP contribution in [0.5, 0.6) is 5.75 Å². The highest BCUT2D eigenvalue weighted by Gasteiger charge is 2.45. The highest BCUT2D eigenvalue weighted by atomic mass is 16.5. The molecular weight excluding hydrogens is 252 g/mol. The number of unbranched alkanes of at least 4 members (excludes halogenated alkanes) is 1. The summed E-state index contributed by atoms with van der Waals surface area (Å²) in [5.74, 6) is 0.803. The number of nitrogens with zero attached hydrogens (tertiary/aromatic N) is 1. The minimum atomic E-state index is -0.742. The van der Waals surface area contributed by atoms with E-state index < -0.39 is 5.60 Å². The molecule has 1 amide bonds. The average Bonchev–Trinajstić information content (AvgIpc) is 2.46. The van der Waals surface area contributed by atoms with Crippen molar-refractivity contribution in [2.24, 2.45) is 0 Å². The topological polar surface area (TPSA) is 55.6 Å². The summed E-state index contributed by atoms with van der Waals surface area (Å²) in [7, 11) is 0. The monoisotopic (exact) mass is 276 g/mol. The Morgan fingerprint density at radius 2 is 1.95 bits per heavy atom. The van der Waals surface area contributed by atoms with E-state index >= 15 is 0 Å². The van der Waals surface area contributed by atoms with Gasteiger partial charge in [0.05, 0.1) is 5.69 Å². The number of carbonyl (C=O) groups excluding carboxylic acids is 1. The van der Waals surface area contributed by atoms with E-state index in [0.29, 0.717) is 18.5 Å². The lowest BCUT2D eigenvalue weighted by molar-refractivity contribution is -0.136. The van der Waals surface area contributed by atoms with Gasteiger partial charge in [0, 0.05) is 18.3 Å². The molecule has 0 fully saturated rings. The first kappa shape index (κ1) is 14.7. The van der Waals surface area contributed by atoms with Crippen LogP contribution in [0.25, 0.3) is 0 Å². The van der Waals surface area contributed by atoms with Gasteiger partial charge in [0.15, 0.2) is 5.60 Å². The Morgan fingerprint density at radius 3 is 2.55 bits per heavy atom. The van der Waals surface area contributed by atoms with Crippen LogP contribution in [0.3, 0.4) is 0 Å². The Hall–Kier alpha value is -1.71. The van der Waals surface area contributed by atoms with Crippen LogP contribution in [0.4, 0.5) is 11.4 Å². The molecule has 4 heteroatoms. The van der Waals surface area contributed by atoms with E-state index in [9.17, 15) is 4.79 Å². The number of rotatable bonds is 5. The lowest BCUT2D eigenvalue weighted by Crippen LogP contribution is -2.55. The van der Waals surface area contributed by atoms with Crippen LogP contribution in [0, 0.1) is 0 Å². The van der Waals surface area contributed by atoms with Crippen molar-refractivity contribution in [3.8, 4) is 5.75 Å². The van der Waals surface area contributed by atoms with Crippen molar-refractivity contribution in [2.45, 2.75) is 52.1 Å². The number of ether oxygens (including phenoxy) is 1. The van der Waals surface area contributed by atoms with Gasteiger partial charge in [-0.25, -0.2) is 0 Å². The van der Waals surface area contributed by atoms with Gasteiger partial charge < -0.3 is 15.4 Å². The molecule has 0 radical (unpaired) electrons. The first-order valence-electron chi connectivity index (χ1n) is 7.48. The first-order chi connectivity index (χ1) is 9.57. The highest BCUT2D eigenvalue weighted by Crippen LogP contribution is 2.41. The summed E-state index contributed by atoms with van der Waals surface area (Å²) < 4.78 is 6.05. The van der Waals surface area contributed by atoms with Gasteiger partial charge >= 0.3 is 0 Å². The van der Waals surface area contributed by atoms with Crippen molar-refractivity contribution in [3.05, 3.63) is 18.2 Å². The van der Waals surface area contributed by atoms with Crippen LogP contribution in [-0.2, 0) is 4.79 Å². The third kappa shape index (κ3) is 2.35. The molecule has 0 atom stereocenters. The Kier molecular flexibility index (Phi) is 4.21. The molecule has 1 aromatic rings. The van der Waals surface area contributed by atoms with Gasteiger partial charge in [0.25, 0.3) is 5.91 Å². The van der Waals surface area contributed by atoms with E-state index in [1.807, 2.05) is 36.9 Å². The molecule has 1 heterocycles. The number of anilines is 2. The second-order valence-electron chi connectivity index (χ2n) is 5.34. The zero-order valence-corrected chi connectivity index (χ0v) is 12.6. The molecule has 1 aliphatic heterocycles. The zero-order chi connectivity index (χ0) is 14.8. The number of carbonyl (C=O) groups is 1. The van der Waals surface area contributed by atoms with Gasteiger partial charge in [-0.15, -0.1) is 0 Å². The number of amides is 1. The molecule has 0 saturated heterocycles. The van der Waals surface area contributed by atoms with Gasteiger partial charge in [0.1, 0.15) is 5.75 Å². The summed E-state index contributed by atoms with van der Waals surface area (Å²) in [5.41, 5.74) is 6.61. The van der Waals surface area contributed by atoms with Crippen molar-refractivity contribution in [1.82, 2.24) is 0 Å². The standard InChI is InChI=1S/C16H24N2O2/c1-4-7-10-18-13-9-8-12(17)11-14(13)20-16(5-2,6-3)15(18)19/h8-9,11H,4-7,10,17H2,1-3H3. The molecule has 2 rings (SSSR count). The molecule has 0 bridgehead atoms. The second kappa shape index (κ2) is 5.73. The van der Waals surface area contributed by atoms with E-state index in [-0.39, 0.29) is 5.91 Å². The summed E-state index contributed by atoms with van der Waals surface area (Å²) in [6.45, 7) is 6.85. The minimum Gasteiger partial charge on any atom is -0.475 e. The molecule has 110 valence electrons. The maximum atomic E-state index is 12.8. The SMILES string of the molecule is CCCCN1C(=O)C(CC)(CC)Oc2cc(N)ccc21. The van der Waals surface area contributed by atoms with Crippen molar-refractivity contribution < 1.29 is 9.53 Å². The predicted molar refractivity (Wildman–Crippen MR) is 82.1 cm³/mol. The molecule has 1 aliphatic rings. The molecule has 0 unspecified atom stereocenters. The van der Waals surface area contributed by atoms with Crippen molar-refractivity contribution >= 4 is 17.3 Å². The lowest BCUT2D eigenvalue weighted by Gasteiger charge is -2.42. The second-order valence-corrected chi connectivity index (χ2v) is 5.34. The Labute approximate surface area is 120 Å². The summed E-state index contributed by atoms with van der Waals surface area (Å²) in [6, 6.07) is 5.52. The molecule has 0 saturated carbocycles. The minimum absolute atomic E-state index is 0.0771. The number of hydrogen-bond acceptors (Lipinski definition) is 3. The predicted octanol–water partition coefficient (Wildman–Crippen LogP) is 3.35. The summed E-state index contributed by atoms with van der Waals surface area (Å²) >= 11 is 0. The van der Waals surface area contributed by atoms with E-state index in [1.165, 1.54) is 0 Å². The van der Waals surface area contributed by atoms with Crippen molar-refractivity contribution in [1.29, 1.82) is 0 Å². The third-order valence-electron chi connectivity index (χ3n) is 4.09. The largest absolute Gasteiger partial charge is 0.475 e. The van der Waals surface area contributed by atoms with Crippen LogP contribution in [0.15, 0.2) is 18.2 Å². The fourth-order valence-corrected chi connectivity index (χ4v) is 2.68. The fourth-order valence-electron chi connectivity index (χ4n) is 2.68. The maximum absolute atomic E-state index is 12.8. The molecule has 4 nitrogen and oxygen atoms in total. The van der Waals surface area contributed by atoms with E-state index in [4.69, 9.17) is 10.5 Å². The maximum Gasteiger partial charge on any atom is 0.271 e. The summed E-state index contributed by atoms with van der Waals surface area (Å²) in [4.78, 5) is 14.7. The van der Waals surface area contributed by atoms with Gasteiger partial charge in [-0.05, 0) is 31.4 Å². The average molecular weight is 276 g/mol. The first-order valence-corrected chi connectivity index (χ1v) is 7.48. The van der Waals surface area contributed by atoms with Crippen LogP contribution in [0.1, 0.15) is 46.5 Å². The molecule has 1 aromatic carbocycles. The molecule has 2 N–H and O–H groups in total.